The predicted octanol–water partition coefficient (Wildman–Crippen LogP) is 4.59. The van der Waals surface area contributed by atoms with Crippen LogP contribution in [0.4, 0.5) is 46.6 Å². The van der Waals surface area contributed by atoms with Gasteiger partial charge in [0.15, 0.2) is 11.6 Å². The number of anilines is 1. The quantitative estimate of drug-likeness (QED) is 0.161. The van der Waals surface area contributed by atoms with Crippen molar-refractivity contribution in [2.75, 3.05) is 5.32 Å². The molecule has 3 heterocycles. The number of nitrogens with zero attached hydrogens (tertiary/aromatic N) is 8. The molecule has 0 fully saturated rings. The van der Waals surface area contributed by atoms with Crippen molar-refractivity contribution in [1.29, 1.82) is 0 Å². The van der Waals surface area contributed by atoms with Gasteiger partial charge in [-0.3, -0.25) is 19.6 Å². The summed E-state index contributed by atoms with van der Waals surface area (Å²) in [5.74, 6) is -16.8. The van der Waals surface area contributed by atoms with Gasteiger partial charge in [0.25, 0.3) is 11.6 Å². The number of non-ortho nitro benzene ring substituents is 1. The first kappa shape index (κ1) is 30.3. The van der Waals surface area contributed by atoms with Crippen molar-refractivity contribution >= 4 is 29.2 Å². The highest BCUT2D eigenvalue weighted by molar-refractivity contribution is 7.99. The first-order valence-corrected chi connectivity index (χ1v) is 11.8. The summed E-state index contributed by atoms with van der Waals surface area (Å²) in [4.78, 5) is 26.5. The number of halogens is 8. The van der Waals surface area contributed by atoms with Gasteiger partial charge in [0, 0.05) is 47.6 Å². The Morgan fingerprint density at radius 3 is 2.43 bits per heavy atom. The molecule has 42 heavy (non-hydrogen) atoms. The van der Waals surface area contributed by atoms with Crippen LogP contribution in [0.1, 0.15) is 21.5 Å². The van der Waals surface area contributed by atoms with Gasteiger partial charge >= 0.3 is 18.0 Å². The van der Waals surface area contributed by atoms with Crippen LogP contribution in [-0.4, -0.2) is 57.9 Å². The highest BCUT2D eigenvalue weighted by atomic mass is 32.2. The van der Waals surface area contributed by atoms with Gasteiger partial charge in [-0.2, -0.15) is 35.8 Å². The van der Waals surface area contributed by atoms with Crippen molar-refractivity contribution in [3.8, 4) is 0 Å². The van der Waals surface area contributed by atoms with Crippen LogP contribution in [0.15, 0.2) is 52.9 Å². The Morgan fingerprint density at radius 2 is 1.83 bits per heavy atom. The Hall–Kier alpha value is -4.69. The minimum absolute atomic E-state index is 0.00582. The zero-order valence-corrected chi connectivity index (χ0v) is 21.3. The monoisotopic (exact) mass is 623 g/mol. The number of carbonyl (C=O) groups excluding carboxylic acids is 1. The third-order valence-corrected chi connectivity index (χ3v) is 6.45. The van der Waals surface area contributed by atoms with E-state index >= 15 is 0 Å². The molecule has 21 heteroatoms. The number of alkyl halides is 7. The Kier molecular flexibility index (Phi) is 7.89. The van der Waals surface area contributed by atoms with Gasteiger partial charge in [0.1, 0.15) is 0 Å². The van der Waals surface area contributed by atoms with Gasteiger partial charge in [-0.25, -0.2) is 14.1 Å². The number of amides is 1. The molecule has 0 radical (unpaired) electrons. The largest absolute Gasteiger partial charge is 0.460 e. The van der Waals surface area contributed by atoms with E-state index in [0.717, 1.165) is 30.0 Å². The third-order valence-electron chi connectivity index (χ3n) is 5.40. The number of nitro groups is 1. The molecule has 1 N–H and O–H groups in total. The van der Waals surface area contributed by atoms with E-state index in [1.54, 1.807) is 13.2 Å². The number of hydrogen-bond acceptors (Lipinski definition) is 9. The van der Waals surface area contributed by atoms with Gasteiger partial charge in [-0.15, -0.1) is 5.10 Å². The van der Waals surface area contributed by atoms with Crippen molar-refractivity contribution in [2.24, 2.45) is 7.05 Å². The van der Waals surface area contributed by atoms with Crippen LogP contribution in [0, 0.1) is 15.9 Å². The summed E-state index contributed by atoms with van der Waals surface area (Å²) in [6.45, 7) is 0.136. The van der Waals surface area contributed by atoms with Crippen LogP contribution in [0.3, 0.4) is 0 Å². The van der Waals surface area contributed by atoms with Gasteiger partial charge in [0.2, 0.25) is 5.16 Å². The van der Waals surface area contributed by atoms with Crippen molar-refractivity contribution in [3.05, 3.63) is 75.5 Å². The highest BCUT2D eigenvalue weighted by Gasteiger charge is 2.73. The summed E-state index contributed by atoms with van der Waals surface area (Å²) in [6.07, 6.45) is -3.64. The number of benzene rings is 1. The molecule has 0 unspecified atom stereocenters. The summed E-state index contributed by atoms with van der Waals surface area (Å²) in [6, 6.07) is 2.62. The molecular formula is C21H13F8N9O3S. The van der Waals surface area contributed by atoms with E-state index in [1.165, 1.54) is 15.6 Å². The number of rotatable bonds is 9. The molecule has 3 aromatic heterocycles. The van der Waals surface area contributed by atoms with Gasteiger partial charge in [-0.05, 0) is 34.3 Å². The summed E-state index contributed by atoms with van der Waals surface area (Å²) in [7, 11) is 1.68. The van der Waals surface area contributed by atoms with Crippen LogP contribution >= 0.6 is 11.8 Å². The maximum Gasteiger partial charge on any atom is 0.460 e. The predicted molar refractivity (Wildman–Crippen MR) is 124 cm³/mol. The van der Waals surface area contributed by atoms with E-state index in [-0.39, 0.29) is 28.9 Å². The summed E-state index contributed by atoms with van der Waals surface area (Å²) >= 11 is 0.761. The molecule has 0 aliphatic carbocycles. The molecule has 0 saturated heterocycles. The van der Waals surface area contributed by atoms with Crippen molar-refractivity contribution < 1.29 is 44.8 Å². The van der Waals surface area contributed by atoms with Gasteiger partial charge < -0.3 is 5.32 Å². The second kappa shape index (κ2) is 10.9. The number of aromatic nitrogens is 7. The SMILES string of the molecule is Cn1cc(Cn2nnnc2Sc2ccc([N+](=O)[O-])cc2C(=O)Nc2ncc(C(F)(F)C(F)(F)C(F)(F)F)cc2F)cn1. The van der Waals surface area contributed by atoms with Crippen molar-refractivity contribution in [2.45, 2.75) is 34.6 Å². The number of pyridine rings is 1. The lowest BCUT2D eigenvalue weighted by atomic mass is 10.0. The van der Waals surface area contributed by atoms with Crippen LogP contribution < -0.4 is 5.32 Å². The molecule has 0 atom stereocenters. The number of aryl methyl sites for hydroxylation is 1. The molecule has 0 saturated carbocycles. The van der Waals surface area contributed by atoms with Crippen LogP contribution in [0.5, 0.6) is 0 Å². The Bertz CT molecular complexity index is 1660. The molecule has 0 aliphatic rings. The fourth-order valence-electron chi connectivity index (χ4n) is 3.33. The lowest BCUT2D eigenvalue weighted by Gasteiger charge is -2.28. The minimum Gasteiger partial charge on any atom is -0.304 e. The first-order valence-electron chi connectivity index (χ1n) is 11.0. The highest BCUT2D eigenvalue weighted by Crippen LogP contribution is 2.51. The van der Waals surface area contributed by atoms with Crippen LogP contribution in [0.25, 0.3) is 0 Å². The summed E-state index contributed by atoms with van der Waals surface area (Å²) < 4.78 is 109. The zero-order valence-electron chi connectivity index (χ0n) is 20.5. The number of carbonyl (C=O) groups is 1. The topological polar surface area (TPSA) is 147 Å². The second-order valence-electron chi connectivity index (χ2n) is 8.34. The molecule has 222 valence electrons. The molecule has 1 amide bonds. The number of nitrogens with one attached hydrogen (secondary N) is 1. The Balaban J connectivity index is 1.63. The minimum atomic E-state index is -6.67. The van der Waals surface area contributed by atoms with Crippen LogP contribution in [0.2, 0.25) is 0 Å². The first-order chi connectivity index (χ1) is 19.5. The van der Waals surface area contributed by atoms with Crippen molar-refractivity contribution in [1.82, 2.24) is 35.0 Å². The van der Waals surface area contributed by atoms with E-state index in [0.29, 0.717) is 5.56 Å². The van der Waals surface area contributed by atoms with E-state index < -0.39 is 57.3 Å². The number of tetrazole rings is 1. The lowest BCUT2D eigenvalue weighted by molar-refractivity contribution is -0.384. The molecular weight excluding hydrogens is 610 g/mol. The summed E-state index contributed by atoms with van der Waals surface area (Å²) in [5.41, 5.74) is -2.48. The van der Waals surface area contributed by atoms with E-state index in [9.17, 15) is 50.0 Å². The van der Waals surface area contributed by atoms with Gasteiger partial charge in [-0.1, -0.05) is 0 Å². The van der Waals surface area contributed by atoms with E-state index in [1.807, 2.05) is 5.32 Å². The lowest BCUT2D eigenvalue weighted by Crippen LogP contribution is -2.50. The normalized spacial score (nSPS) is 12.4. The molecule has 0 aliphatic heterocycles. The smallest absolute Gasteiger partial charge is 0.304 e. The van der Waals surface area contributed by atoms with E-state index in [2.05, 4.69) is 25.6 Å². The fourth-order valence-corrected chi connectivity index (χ4v) is 4.21. The summed E-state index contributed by atoms with van der Waals surface area (Å²) in [5, 5.41) is 28.4. The average molecular weight is 623 g/mol. The standard InChI is InChI=1S/C21H13F8N9O3S/c1-36-8-10(6-31-36)9-37-18(33-34-35-37)42-15-3-2-12(38(40)41)5-13(15)17(39)32-16-14(22)4-11(7-30-16)19(23,24)20(25,26)21(27,28)29/h2-8H,9H2,1H3,(H,30,32,39). The number of hydrogen-bond donors (Lipinski definition) is 1. The molecule has 12 nitrogen and oxygen atoms in total. The van der Waals surface area contributed by atoms with Crippen LogP contribution in [-0.2, 0) is 19.5 Å². The Morgan fingerprint density at radius 1 is 1.12 bits per heavy atom. The Labute approximate surface area is 231 Å². The number of nitro benzene ring substituents is 1. The van der Waals surface area contributed by atoms with Crippen molar-refractivity contribution in [3.63, 3.8) is 0 Å². The maximum atomic E-state index is 14.5. The fraction of sp³-hybridized carbons (Fsp3) is 0.238. The maximum absolute atomic E-state index is 14.5. The molecule has 4 rings (SSSR count). The average Bonchev–Trinajstić information content (AvgIpc) is 3.52. The molecule has 1 aromatic carbocycles. The molecule has 0 spiro atoms. The second-order valence-corrected chi connectivity index (χ2v) is 9.35. The third kappa shape index (κ3) is 5.85. The van der Waals surface area contributed by atoms with E-state index in [4.69, 9.17) is 0 Å². The molecule has 4 aromatic rings. The van der Waals surface area contributed by atoms with Gasteiger partial charge in [0.05, 0.1) is 23.2 Å². The zero-order chi connectivity index (χ0) is 31.0. The molecule has 0 bridgehead atoms.